The molecule has 5 heteroatoms. The van der Waals surface area contributed by atoms with Crippen molar-refractivity contribution >= 4 is 32.1 Å². The lowest BCUT2D eigenvalue weighted by molar-refractivity contribution is 0.410. The van der Waals surface area contributed by atoms with Crippen LogP contribution in [0.15, 0.2) is 35.7 Å². The van der Waals surface area contributed by atoms with Gasteiger partial charge < -0.3 is 10.1 Å². The van der Waals surface area contributed by atoms with Crippen LogP contribution < -0.4 is 10.1 Å². The van der Waals surface area contributed by atoms with Crippen molar-refractivity contribution in [3.05, 3.63) is 52.0 Å². The van der Waals surface area contributed by atoms with Gasteiger partial charge in [-0.1, -0.05) is 13.0 Å². The van der Waals surface area contributed by atoms with Gasteiger partial charge in [0.1, 0.15) is 11.6 Å². The minimum absolute atomic E-state index is 0.120. The normalized spacial score (nSPS) is 12.7. The number of hydrogen-bond acceptors (Lipinski definition) is 4. The zero-order chi connectivity index (χ0) is 14.8. The van der Waals surface area contributed by atoms with Gasteiger partial charge in [0.05, 0.1) is 13.2 Å². The topological polar surface area (TPSA) is 21.3 Å². The van der Waals surface area contributed by atoms with Crippen molar-refractivity contribution in [2.75, 3.05) is 13.7 Å². The molecule has 0 spiro atoms. The Morgan fingerprint density at radius 2 is 2.10 bits per heavy atom. The summed E-state index contributed by atoms with van der Waals surface area (Å²) in [5, 5.41) is 5.46. The molecule has 1 N–H and O–H groups in total. The van der Waals surface area contributed by atoms with E-state index in [0.717, 1.165) is 11.4 Å². The molecule has 1 atom stereocenters. The number of thiophene rings is 2. The van der Waals surface area contributed by atoms with Gasteiger partial charge in [-0.2, -0.15) is 0 Å². The summed E-state index contributed by atoms with van der Waals surface area (Å²) in [6.45, 7) is 2.81. The number of fused-ring (bicyclic) bond motifs is 1. The Labute approximate surface area is 131 Å². The molecule has 0 aliphatic heterocycles. The third kappa shape index (κ3) is 2.81. The minimum Gasteiger partial charge on any atom is -0.497 e. The molecule has 2 nitrogen and oxygen atoms in total. The second-order valence-corrected chi connectivity index (χ2v) is 6.74. The molecule has 2 heterocycles. The lowest BCUT2D eigenvalue weighted by atomic mass is 10.0. The molecule has 0 saturated heterocycles. The highest BCUT2D eigenvalue weighted by atomic mass is 32.1. The number of ether oxygens (including phenoxy) is 1. The lowest BCUT2D eigenvalue weighted by Gasteiger charge is -2.18. The summed E-state index contributed by atoms with van der Waals surface area (Å²) in [4.78, 5) is 1.14. The van der Waals surface area contributed by atoms with Crippen LogP contribution in [0.1, 0.15) is 23.4 Å². The largest absolute Gasteiger partial charge is 0.497 e. The molecule has 21 heavy (non-hydrogen) atoms. The van der Waals surface area contributed by atoms with Crippen LogP contribution in [0.5, 0.6) is 5.75 Å². The van der Waals surface area contributed by atoms with Crippen LogP contribution in [0.3, 0.4) is 0 Å². The quantitative estimate of drug-likeness (QED) is 0.728. The highest BCUT2D eigenvalue weighted by molar-refractivity contribution is 7.27. The first-order chi connectivity index (χ1) is 10.2. The first kappa shape index (κ1) is 14.5. The molecule has 1 unspecified atom stereocenters. The van der Waals surface area contributed by atoms with Crippen molar-refractivity contribution < 1.29 is 9.13 Å². The third-order valence-corrected chi connectivity index (χ3v) is 5.53. The van der Waals surface area contributed by atoms with E-state index in [1.54, 1.807) is 41.9 Å². The smallest absolute Gasteiger partial charge is 0.132 e. The maximum atomic E-state index is 14.4. The minimum atomic E-state index is -0.239. The van der Waals surface area contributed by atoms with E-state index in [2.05, 4.69) is 22.8 Å². The molecule has 0 aliphatic carbocycles. The average Bonchev–Trinajstić information content (AvgIpc) is 3.06. The lowest BCUT2D eigenvalue weighted by Crippen LogP contribution is -2.22. The number of nitrogens with one attached hydrogen (secondary N) is 1. The third-order valence-electron chi connectivity index (χ3n) is 3.37. The molecule has 0 aliphatic rings. The first-order valence-corrected chi connectivity index (χ1v) is 8.46. The van der Waals surface area contributed by atoms with Gasteiger partial charge in [0, 0.05) is 25.9 Å². The summed E-state index contributed by atoms with van der Waals surface area (Å²) >= 11 is 3.43. The van der Waals surface area contributed by atoms with E-state index in [1.165, 1.54) is 15.5 Å². The molecule has 0 radical (unpaired) electrons. The molecular weight excluding hydrogens is 305 g/mol. The number of halogens is 1. The Bertz CT molecular complexity index is 721. The van der Waals surface area contributed by atoms with Crippen LogP contribution >= 0.6 is 22.7 Å². The van der Waals surface area contributed by atoms with Crippen LogP contribution in [-0.2, 0) is 0 Å². The monoisotopic (exact) mass is 321 g/mol. The molecule has 110 valence electrons. The van der Waals surface area contributed by atoms with Crippen molar-refractivity contribution in [1.29, 1.82) is 0 Å². The summed E-state index contributed by atoms with van der Waals surface area (Å²) < 4.78 is 22.0. The summed E-state index contributed by atoms with van der Waals surface area (Å²) in [7, 11) is 1.55. The van der Waals surface area contributed by atoms with E-state index < -0.39 is 0 Å². The van der Waals surface area contributed by atoms with E-state index in [1.807, 2.05) is 6.92 Å². The molecule has 3 aromatic rings. The van der Waals surface area contributed by atoms with Gasteiger partial charge >= 0.3 is 0 Å². The Morgan fingerprint density at radius 3 is 2.76 bits per heavy atom. The fraction of sp³-hybridized carbons (Fsp3) is 0.250. The summed E-state index contributed by atoms with van der Waals surface area (Å²) in [6.07, 6.45) is 0. The predicted molar refractivity (Wildman–Crippen MR) is 88.2 cm³/mol. The fourth-order valence-corrected chi connectivity index (χ4v) is 4.58. The fourth-order valence-electron chi connectivity index (χ4n) is 2.36. The molecule has 0 amide bonds. The Kier molecular flexibility index (Phi) is 4.24. The van der Waals surface area contributed by atoms with Crippen LogP contribution in [0.4, 0.5) is 4.39 Å². The van der Waals surface area contributed by atoms with Gasteiger partial charge in [0.2, 0.25) is 0 Å². The van der Waals surface area contributed by atoms with Gasteiger partial charge in [-0.25, -0.2) is 4.39 Å². The number of hydrogen-bond donors (Lipinski definition) is 1. The molecule has 0 saturated carbocycles. The molecular formula is C16H16FNOS2. The van der Waals surface area contributed by atoms with E-state index in [9.17, 15) is 4.39 Å². The van der Waals surface area contributed by atoms with Crippen molar-refractivity contribution in [1.82, 2.24) is 5.32 Å². The summed E-state index contributed by atoms with van der Waals surface area (Å²) in [6, 6.07) is 9.19. The van der Waals surface area contributed by atoms with E-state index in [4.69, 9.17) is 4.74 Å². The molecule has 3 rings (SSSR count). The number of rotatable bonds is 5. The standard InChI is InChI=1S/C16H16FNOS2/c1-3-18-16(11-5-4-10(19-2)8-12(11)17)15-9-14-13(21-15)6-7-20-14/h4-9,16,18H,3H2,1-2H3. The molecule has 1 aromatic carbocycles. The Morgan fingerprint density at radius 1 is 1.24 bits per heavy atom. The first-order valence-electron chi connectivity index (χ1n) is 6.76. The highest BCUT2D eigenvalue weighted by Crippen LogP contribution is 2.37. The van der Waals surface area contributed by atoms with Crippen LogP contribution in [0, 0.1) is 5.82 Å². The maximum absolute atomic E-state index is 14.4. The maximum Gasteiger partial charge on any atom is 0.132 e. The van der Waals surface area contributed by atoms with Gasteiger partial charge in [0.15, 0.2) is 0 Å². The molecule has 2 aromatic heterocycles. The van der Waals surface area contributed by atoms with Crippen molar-refractivity contribution in [2.24, 2.45) is 0 Å². The zero-order valence-corrected chi connectivity index (χ0v) is 13.5. The predicted octanol–water partition coefficient (Wildman–Crippen LogP) is 4.81. The van der Waals surface area contributed by atoms with Crippen molar-refractivity contribution in [3.8, 4) is 5.75 Å². The Balaban J connectivity index is 2.03. The van der Waals surface area contributed by atoms with Crippen LogP contribution in [0.25, 0.3) is 9.40 Å². The average molecular weight is 321 g/mol. The summed E-state index contributed by atoms with van der Waals surface area (Å²) in [5.41, 5.74) is 0.659. The van der Waals surface area contributed by atoms with Crippen LogP contribution in [0.2, 0.25) is 0 Å². The SMILES string of the molecule is CCNC(c1cc2sccc2s1)c1ccc(OC)cc1F. The van der Waals surface area contributed by atoms with Gasteiger partial charge in [-0.05, 0) is 30.1 Å². The van der Waals surface area contributed by atoms with Gasteiger partial charge in [0.25, 0.3) is 0 Å². The number of methoxy groups -OCH3 is 1. The summed E-state index contributed by atoms with van der Waals surface area (Å²) in [5.74, 6) is 0.302. The highest BCUT2D eigenvalue weighted by Gasteiger charge is 2.20. The van der Waals surface area contributed by atoms with Crippen LogP contribution in [-0.4, -0.2) is 13.7 Å². The van der Waals surface area contributed by atoms with E-state index >= 15 is 0 Å². The molecule has 0 bridgehead atoms. The zero-order valence-electron chi connectivity index (χ0n) is 11.9. The van der Waals surface area contributed by atoms with E-state index in [0.29, 0.717) is 11.3 Å². The second-order valence-electron chi connectivity index (χ2n) is 4.68. The second kappa shape index (κ2) is 6.13. The van der Waals surface area contributed by atoms with E-state index in [-0.39, 0.29) is 11.9 Å². The van der Waals surface area contributed by atoms with Gasteiger partial charge in [-0.3, -0.25) is 0 Å². The van der Waals surface area contributed by atoms with Crippen molar-refractivity contribution in [3.63, 3.8) is 0 Å². The van der Waals surface area contributed by atoms with Gasteiger partial charge in [-0.15, -0.1) is 22.7 Å². The number of benzene rings is 1. The Hall–Kier alpha value is -1.43. The van der Waals surface area contributed by atoms with Crippen molar-refractivity contribution in [2.45, 2.75) is 13.0 Å². The molecule has 0 fully saturated rings.